The Balaban J connectivity index is 0.00000280. The third-order valence-corrected chi connectivity index (χ3v) is 7.72. The van der Waals surface area contributed by atoms with Gasteiger partial charge < -0.3 is 10.6 Å². The van der Waals surface area contributed by atoms with Crippen LogP contribution in [-0.4, -0.2) is 44.8 Å². The van der Waals surface area contributed by atoms with E-state index in [-0.39, 0.29) is 18.3 Å². The van der Waals surface area contributed by atoms with Crippen molar-refractivity contribution < 1.29 is 13.2 Å². The number of hydrogen-bond acceptors (Lipinski definition) is 4. The average molecular weight is 430 g/mol. The van der Waals surface area contributed by atoms with Gasteiger partial charge in [0.2, 0.25) is 15.9 Å². The summed E-state index contributed by atoms with van der Waals surface area (Å²) in [5.74, 6) is 1.07. The highest BCUT2D eigenvalue weighted by atomic mass is 35.5. The van der Waals surface area contributed by atoms with E-state index >= 15 is 0 Å². The first kappa shape index (κ1) is 23.1. The van der Waals surface area contributed by atoms with Gasteiger partial charge in [-0.25, -0.2) is 8.42 Å². The van der Waals surface area contributed by atoms with Gasteiger partial charge in [-0.2, -0.15) is 4.31 Å². The molecule has 1 unspecified atom stereocenters. The molecule has 0 radical (unpaired) electrons. The maximum atomic E-state index is 12.5. The van der Waals surface area contributed by atoms with Crippen LogP contribution in [0.2, 0.25) is 0 Å². The van der Waals surface area contributed by atoms with Crippen molar-refractivity contribution in [3.8, 4) is 0 Å². The lowest BCUT2D eigenvalue weighted by Gasteiger charge is -2.27. The Hall–Kier alpha value is -1.15. The zero-order chi connectivity index (χ0) is 19.3. The highest BCUT2D eigenvalue weighted by Crippen LogP contribution is 2.24. The van der Waals surface area contributed by atoms with Crippen LogP contribution in [0.25, 0.3) is 0 Å². The smallest absolute Gasteiger partial charge is 0.243 e. The molecule has 2 fully saturated rings. The number of nitrogens with zero attached hydrogens (tertiary/aromatic N) is 1. The lowest BCUT2D eigenvalue weighted by atomic mass is 9.84. The van der Waals surface area contributed by atoms with Crippen molar-refractivity contribution >= 4 is 28.3 Å². The molecule has 8 heteroatoms. The van der Waals surface area contributed by atoms with Gasteiger partial charge in [0, 0.05) is 26.1 Å². The molecule has 1 aromatic rings. The summed E-state index contributed by atoms with van der Waals surface area (Å²) in [5.41, 5.74) is 0.915. The molecule has 2 heterocycles. The zero-order valence-corrected chi connectivity index (χ0v) is 18.2. The molecule has 0 bridgehead atoms. The lowest BCUT2D eigenvalue weighted by molar-refractivity contribution is -0.122. The summed E-state index contributed by atoms with van der Waals surface area (Å²) in [6.45, 7) is 5.90. The molecule has 3 rings (SSSR count). The normalized spacial score (nSPS) is 19.8. The molecular formula is C20H32ClN3O3S. The number of amides is 1. The SMILES string of the molecule is CC(CC(=O)NCc1ccc(S(=O)(=O)N2CCCC2)cc1)C1CCNCC1.Cl. The van der Waals surface area contributed by atoms with Gasteiger partial charge in [-0.05, 0) is 68.3 Å². The number of sulfonamides is 1. The van der Waals surface area contributed by atoms with Gasteiger partial charge in [-0.15, -0.1) is 12.4 Å². The fourth-order valence-corrected chi connectivity index (χ4v) is 5.52. The summed E-state index contributed by atoms with van der Waals surface area (Å²) in [6, 6.07) is 6.87. The molecule has 28 heavy (non-hydrogen) atoms. The van der Waals surface area contributed by atoms with E-state index in [0.717, 1.165) is 44.3 Å². The molecule has 0 aliphatic carbocycles. The summed E-state index contributed by atoms with van der Waals surface area (Å²) >= 11 is 0. The lowest BCUT2D eigenvalue weighted by Crippen LogP contribution is -2.33. The number of halogens is 1. The van der Waals surface area contributed by atoms with E-state index in [0.29, 0.717) is 42.8 Å². The van der Waals surface area contributed by atoms with Gasteiger partial charge >= 0.3 is 0 Å². The first-order chi connectivity index (χ1) is 13.0. The van der Waals surface area contributed by atoms with E-state index in [1.165, 1.54) is 0 Å². The number of piperidine rings is 1. The molecule has 2 saturated heterocycles. The number of carbonyl (C=O) groups excluding carboxylic acids is 1. The predicted octanol–water partition coefficient (Wildman–Crippen LogP) is 2.53. The van der Waals surface area contributed by atoms with Crippen LogP contribution in [0.4, 0.5) is 0 Å². The standard InChI is InChI=1S/C20H31N3O3S.ClH/c1-16(18-8-10-21-11-9-18)14-20(24)22-15-17-4-6-19(7-5-17)27(25,26)23-12-2-3-13-23;/h4-7,16,18,21H,2-3,8-15H2,1H3,(H,22,24);1H. The van der Waals surface area contributed by atoms with Crippen molar-refractivity contribution in [3.63, 3.8) is 0 Å². The molecule has 1 amide bonds. The molecule has 2 aliphatic rings. The molecule has 2 aliphatic heterocycles. The molecule has 6 nitrogen and oxygen atoms in total. The van der Waals surface area contributed by atoms with Crippen molar-refractivity contribution in [2.45, 2.75) is 50.5 Å². The van der Waals surface area contributed by atoms with E-state index in [9.17, 15) is 13.2 Å². The molecular weight excluding hydrogens is 398 g/mol. The second-order valence-electron chi connectivity index (χ2n) is 7.80. The second-order valence-corrected chi connectivity index (χ2v) is 9.74. The Labute approximate surface area is 174 Å². The molecule has 0 spiro atoms. The van der Waals surface area contributed by atoms with Crippen molar-refractivity contribution in [1.29, 1.82) is 0 Å². The van der Waals surface area contributed by atoms with Crippen molar-refractivity contribution in [2.75, 3.05) is 26.2 Å². The molecule has 0 aromatic heterocycles. The minimum absolute atomic E-state index is 0. The van der Waals surface area contributed by atoms with E-state index in [1.807, 2.05) is 0 Å². The molecule has 0 saturated carbocycles. The fourth-order valence-electron chi connectivity index (χ4n) is 4.00. The Morgan fingerprint density at radius 2 is 1.79 bits per heavy atom. The van der Waals surface area contributed by atoms with E-state index in [4.69, 9.17) is 0 Å². The van der Waals surface area contributed by atoms with Gasteiger partial charge in [0.25, 0.3) is 0 Å². The van der Waals surface area contributed by atoms with Crippen molar-refractivity contribution in [3.05, 3.63) is 29.8 Å². The number of rotatable bonds is 7. The van der Waals surface area contributed by atoms with Crippen LogP contribution in [0.3, 0.4) is 0 Å². The third-order valence-electron chi connectivity index (χ3n) is 5.81. The van der Waals surface area contributed by atoms with Crippen LogP contribution in [0.5, 0.6) is 0 Å². The topological polar surface area (TPSA) is 78.5 Å². The minimum atomic E-state index is -3.37. The van der Waals surface area contributed by atoms with Crippen LogP contribution in [-0.2, 0) is 21.4 Å². The largest absolute Gasteiger partial charge is 0.352 e. The highest BCUT2D eigenvalue weighted by molar-refractivity contribution is 7.89. The monoisotopic (exact) mass is 429 g/mol. The first-order valence-corrected chi connectivity index (χ1v) is 11.5. The quantitative estimate of drug-likeness (QED) is 0.698. The average Bonchev–Trinajstić information content (AvgIpc) is 3.23. The van der Waals surface area contributed by atoms with E-state index in [2.05, 4.69) is 17.6 Å². The van der Waals surface area contributed by atoms with Crippen LogP contribution in [0.1, 0.15) is 44.6 Å². The summed E-state index contributed by atoms with van der Waals surface area (Å²) in [4.78, 5) is 12.6. The highest BCUT2D eigenvalue weighted by Gasteiger charge is 2.27. The van der Waals surface area contributed by atoms with Gasteiger partial charge in [0.05, 0.1) is 4.90 Å². The zero-order valence-electron chi connectivity index (χ0n) is 16.5. The number of benzene rings is 1. The fraction of sp³-hybridized carbons (Fsp3) is 0.650. The Morgan fingerprint density at radius 1 is 1.18 bits per heavy atom. The van der Waals surface area contributed by atoms with Crippen molar-refractivity contribution in [1.82, 2.24) is 14.9 Å². The maximum absolute atomic E-state index is 12.5. The van der Waals surface area contributed by atoms with Crippen LogP contribution in [0.15, 0.2) is 29.2 Å². The van der Waals surface area contributed by atoms with Gasteiger partial charge in [-0.1, -0.05) is 19.1 Å². The Kier molecular flexibility index (Phi) is 8.74. The summed E-state index contributed by atoms with van der Waals surface area (Å²) in [6.07, 6.45) is 4.69. The van der Waals surface area contributed by atoms with Crippen molar-refractivity contribution in [2.24, 2.45) is 11.8 Å². The maximum Gasteiger partial charge on any atom is 0.243 e. The van der Waals surface area contributed by atoms with Gasteiger partial charge in [-0.3, -0.25) is 4.79 Å². The summed E-state index contributed by atoms with van der Waals surface area (Å²) in [5, 5.41) is 6.32. The van der Waals surface area contributed by atoms with E-state index in [1.54, 1.807) is 28.6 Å². The minimum Gasteiger partial charge on any atom is -0.352 e. The molecule has 1 atom stereocenters. The predicted molar refractivity (Wildman–Crippen MR) is 113 cm³/mol. The third kappa shape index (κ3) is 5.92. The number of hydrogen-bond donors (Lipinski definition) is 2. The molecule has 158 valence electrons. The van der Waals surface area contributed by atoms with Gasteiger partial charge in [0.15, 0.2) is 0 Å². The van der Waals surface area contributed by atoms with Crippen LogP contribution >= 0.6 is 12.4 Å². The number of nitrogens with one attached hydrogen (secondary N) is 2. The number of carbonyl (C=O) groups is 1. The van der Waals surface area contributed by atoms with Crippen LogP contribution in [0, 0.1) is 11.8 Å². The van der Waals surface area contributed by atoms with Gasteiger partial charge in [0.1, 0.15) is 0 Å². The Morgan fingerprint density at radius 3 is 2.39 bits per heavy atom. The van der Waals surface area contributed by atoms with Crippen LogP contribution < -0.4 is 10.6 Å². The first-order valence-electron chi connectivity index (χ1n) is 10.0. The molecule has 2 N–H and O–H groups in total. The summed E-state index contributed by atoms with van der Waals surface area (Å²) < 4.78 is 26.6. The van der Waals surface area contributed by atoms with E-state index < -0.39 is 10.0 Å². The summed E-state index contributed by atoms with van der Waals surface area (Å²) in [7, 11) is -3.37. The Bertz CT molecular complexity index is 728. The molecule has 1 aromatic carbocycles. The second kappa shape index (κ2) is 10.6.